The predicted molar refractivity (Wildman–Crippen MR) is 80.7 cm³/mol. The van der Waals surface area contributed by atoms with Gasteiger partial charge in [-0.1, -0.05) is 6.07 Å². The van der Waals surface area contributed by atoms with E-state index in [0.717, 1.165) is 11.3 Å². The summed E-state index contributed by atoms with van der Waals surface area (Å²) in [6.07, 6.45) is 1.63. The maximum absolute atomic E-state index is 11.9. The van der Waals surface area contributed by atoms with Crippen molar-refractivity contribution in [1.82, 2.24) is 5.32 Å². The van der Waals surface area contributed by atoms with Crippen molar-refractivity contribution >= 4 is 15.7 Å². The van der Waals surface area contributed by atoms with Crippen molar-refractivity contribution in [3.05, 3.63) is 23.8 Å². The second kappa shape index (κ2) is 6.16. The summed E-state index contributed by atoms with van der Waals surface area (Å²) in [6, 6.07) is 5.66. The van der Waals surface area contributed by atoms with Crippen molar-refractivity contribution in [1.29, 1.82) is 0 Å². The SMILES string of the molecule is O=C(CCc1ccc2c(c1)OCO2)NCC1CCS(=O)(=O)C1. The molecule has 6 nitrogen and oxygen atoms in total. The standard InChI is InChI=1S/C15H19NO5S/c17-15(16-8-12-5-6-22(18,19)9-12)4-2-11-1-3-13-14(7-11)21-10-20-13/h1,3,7,12H,2,4-6,8-10H2,(H,16,17). The highest BCUT2D eigenvalue weighted by Gasteiger charge is 2.27. The second-order valence-electron chi connectivity index (χ2n) is 5.76. The minimum atomic E-state index is -2.88. The van der Waals surface area contributed by atoms with Gasteiger partial charge in [-0.05, 0) is 36.5 Å². The number of carbonyl (C=O) groups excluding carboxylic acids is 1. The Labute approximate surface area is 129 Å². The van der Waals surface area contributed by atoms with Gasteiger partial charge in [-0.25, -0.2) is 8.42 Å². The molecule has 7 heteroatoms. The van der Waals surface area contributed by atoms with Gasteiger partial charge >= 0.3 is 0 Å². The van der Waals surface area contributed by atoms with Crippen LogP contribution in [0.3, 0.4) is 0 Å². The zero-order chi connectivity index (χ0) is 15.6. The van der Waals surface area contributed by atoms with Gasteiger partial charge in [0.15, 0.2) is 21.3 Å². The van der Waals surface area contributed by atoms with E-state index in [1.165, 1.54) is 0 Å². The Kier molecular flexibility index (Phi) is 4.24. The zero-order valence-electron chi connectivity index (χ0n) is 12.2. The first-order valence-electron chi connectivity index (χ1n) is 7.37. The van der Waals surface area contributed by atoms with Gasteiger partial charge in [-0.15, -0.1) is 0 Å². The average molecular weight is 325 g/mol. The van der Waals surface area contributed by atoms with Crippen LogP contribution < -0.4 is 14.8 Å². The quantitative estimate of drug-likeness (QED) is 0.870. The lowest BCUT2D eigenvalue weighted by Gasteiger charge is -2.09. The molecule has 2 aliphatic rings. The van der Waals surface area contributed by atoms with E-state index in [0.29, 0.717) is 31.6 Å². The third kappa shape index (κ3) is 3.71. The van der Waals surface area contributed by atoms with Crippen molar-refractivity contribution in [2.24, 2.45) is 5.92 Å². The summed E-state index contributed by atoms with van der Waals surface area (Å²) in [6.45, 7) is 0.683. The first-order valence-corrected chi connectivity index (χ1v) is 9.20. The first-order chi connectivity index (χ1) is 10.5. The molecule has 1 saturated heterocycles. The highest BCUT2D eigenvalue weighted by Crippen LogP contribution is 2.32. The van der Waals surface area contributed by atoms with Crippen LogP contribution >= 0.6 is 0 Å². The molecule has 0 saturated carbocycles. The number of hydrogen-bond acceptors (Lipinski definition) is 5. The van der Waals surface area contributed by atoms with Crippen molar-refractivity contribution in [3.8, 4) is 11.5 Å². The van der Waals surface area contributed by atoms with Crippen LogP contribution in [0.25, 0.3) is 0 Å². The summed E-state index contributed by atoms with van der Waals surface area (Å²) >= 11 is 0. The lowest BCUT2D eigenvalue weighted by molar-refractivity contribution is -0.121. The summed E-state index contributed by atoms with van der Waals surface area (Å²) in [5.41, 5.74) is 1.02. The Balaban J connectivity index is 1.43. The highest BCUT2D eigenvalue weighted by molar-refractivity contribution is 7.91. The Morgan fingerprint density at radius 3 is 2.86 bits per heavy atom. The summed E-state index contributed by atoms with van der Waals surface area (Å²) < 4.78 is 33.3. The molecule has 1 aromatic carbocycles. The van der Waals surface area contributed by atoms with Gasteiger partial charge < -0.3 is 14.8 Å². The number of amides is 1. The molecular weight excluding hydrogens is 306 g/mol. The monoisotopic (exact) mass is 325 g/mol. The van der Waals surface area contributed by atoms with Crippen LogP contribution in [0.2, 0.25) is 0 Å². The Morgan fingerprint density at radius 1 is 1.27 bits per heavy atom. The minimum absolute atomic E-state index is 0.0537. The summed E-state index contributed by atoms with van der Waals surface area (Å²) in [5, 5.41) is 2.83. The van der Waals surface area contributed by atoms with Gasteiger partial charge in [0.1, 0.15) is 0 Å². The van der Waals surface area contributed by atoms with Crippen molar-refractivity contribution < 1.29 is 22.7 Å². The molecule has 2 heterocycles. The molecule has 0 radical (unpaired) electrons. The van der Waals surface area contributed by atoms with Crippen molar-refractivity contribution in [2.75, 3.05) is 24.8 Å². The Morgan fingerprint density at radius 2 is 2.09 bits per heavy atom. The average Bonchev–Trinajstić information content (AvgIpc) is 3.08. The molecule has 1 amide bonds. The fourth-order valence-electron chi connectivity index (χ4n) is 2.73. The molecule has 0 aliphatic carbocycles. The van der Waals surface area contributed by atoms with Gasteiger partial charge in [0.05, 0.1) is 11.5 Å². The van der Waals surface area contributed by atoms with E-state index >= 15 is 0 Å². The van der Waals surface area contributed by atoms with E-state index in [1.54, 1.807) is 0 Å². The molecule has 2 aliphatic heterocycles. The normalized spacial score (nSPS) is 21.7. The number of carbonyl (C=O) groups is 1. The van der Waals surface area contributed by atoms with Crippen molar-refractivity contribution in [3.63, 3.8) is 0 Å². The summed E-state index contributed by atoms with van der Waals surface area (Å²) in [7, 11) is -2.88. The number of fused-ring (bicyclic) bond motifs is 1. The maximum Gasteiger partial charge on any atom is 0.231 e. The Hall–Kier alpha value is -1.76. The van der Waals surface area contributed by atoms with Crippen LogP contribution in [0.4, 0.5) is 0 Å². The molecule has 3 rings (SSSR count). The fraction of sp³-hybridized carbons (Fsp3) is 0.533. The third-order valence-electron chi connectivity index (χ3n) is 3.99. The smallest absolute Gasteiger partial charge is 0.231 e. The number of sulfone groups is 1. The lowest BCUT2D eigenvalue weighted by Crippen LogP contribution is -2.29. The molecule has 1 aromatic rings. The number of nitrogens with one attached hydrogen (secondary N) is 1. The topological polar surface area (TPSA) is 81.7 Å². The Bertz CT molecular complexity index is 671. The lowest BCUT2D eigenvalue weighted by atomic mass is 10.1. The van der Waals surface area contributed by atoms with Crippen molar-refractivity contribution in [2.45, 2.75) is 19.3 Å². The van der Waals surface area contributed by atoms with Gasteiger partial charge in [0.2, 0.25) is 12.7 Å². The zero-order valence-corrected chi connectivity index (χ0v) is 13.0. The molecule has 120 valence electrons. The van der Waals surface area contributed by atoms with Crippen LogP contribution in [0.15, 0.2) is 18.2 Å². The van der Waals surface area contributed by atoms with Gasteiger partial charge in [-0.2, -0.15) is 0 Å². The molecular formula is C15H19NO5S. The fourth-order valence-corrected chi connectivity index (χ4v) is 4.60. The molecule has 1 unspecified atom stereocenters. The second-order valence-corrected chi connectivity index (χ2v) is 7.99. The largest absolute Gasteiger partial charge is 0.454 e. The summed E-state index contributed by atoms with van der Waals surface area (Å²) in [5.74, 6) is 1.88. The molecule has 0 spiro atoms. The van der Waals surface area contributed by atoms with E-state index < -0.39 is 9.84 Å². The van der Waals surface area contributed by atoms with E-state index in [-0.39, 0.29) is 30.1 Å². The predicted octanol–water partition coefficient (Wildman–Crippen LogP) is 0.899. The number of hydrogen-bond donors (Lipinski definition) is 1. The maximum atomic E-state index is 11.9. The van der Waals surface area contributed by atoms with E-state index in [9.17, 15) is 13.2 Å². The number of benzene rings is 1. The highest BCUT2D eigenvalue weighted by atomic mass is 32.2. The molecule has 0 bridgehead atoms. The van der Waals surface area contributed by atoms with E-state index in [2.05, 4.69) is 5.32 Å². The third-order valence-corrected chi connectivity index (χ3v) is 5.83. The molecule has 1 fully saturated rings. The van der Waals surface area contributed by atoms with Crippen LogP contribution in [-0.4, -0.2) is 39.2 Å². The van der Waals surface area contributed by atoms with E-state index in [1.807, 2.05) is 18.2 Å². The van der Waals surface area contributed by atoms with Gasteiger partial charge in [0.25, 0.3) is 0 Å². The number of rotatable bonds is 5. The van der Waals surface area contributed by atoms with Crippen LogP contribution in [-0.2, 0) is 21.1 Å². The molecule has 0 aromatic heterocycles. The number of ether oxygens (including phenoxy) is 2. The van der Waals surface area contributed by atoms with Crippen LogP contribution in [0.5, 0.6) is 11.5 Å². The van der Waals surface area contributed by atoms with Crippen LogP contribution in [0, 0.1) is 5.92 Å². The molecule has 1 atom stereocenters. The van der Waals surface area contributed by atoms with Gasteiger partial charge in [0, 0.05) is 13.0 Å². The molecule has 1 N–H and O–H groups in total. The first kappa shape index (κ1) is 15.1. The van der Waals surface area contributed by atoms with Gasteiger partial charge in [-0.3, -0.25) is 4.79 Å². The van der Waals surface area contributed by atoms with Crippen LogP contribution in [0.1, 0.15) is 18.4 Å². The minimum Gasteiger partial charge on any atom is -0.454 e. The summed E-state index contributed by atoms with van der Waals surface area (Å²) in [4.78, 5) is 11.9. The van der Waals surface area contributed by atoms with E-state index in [4.69, 9.17) is 9.47 Å². The number of aryl methyl sites for hydroxylation is 1. The molecule has 22 heavy (non-hydrogen) atoms.